The molecule has 2 rings (SSSR count). The Morgan fingerprint density at radius 2 is 2.11 bits per heavy atom. The van der Waals surface area contributed by atoms with E-state index in [1.165, 1.54) is 0 Å². The van der Waals surface area contributed by atoms with Gasteiger partial charge in [-0.3, -0.25) is 0 Å². The lowest BCUT2D eigenvalue weighted by molar-refractivity contribution is 0.786. The molecule has 0 saturated carbocycles. The lowest BCUT2D eigenvalue weighted by atomic mass is 10.2. The number of imidazole rings is 1. The number of nitrogens with zero attached hydrogens (tertiary/aromatic N) is 4. The quantitative estimate of drug-likeness (QED) is 0.823. The van der Waals surface area contributed by atoms with E-state index in [9.17, 15) is 0 Å². The summed E-state index contributed by atoms with van der Waals surface area (Å²) in [5.41, 5.74) is 1.16. The van der Waals surface area contributed by atoms with Gasteiger partial charge in [-0.1, -0.05) is 13.8 Å². The van der Waals surface area contributed by atoms with Gasteiger partial charge in [0.2, 0.25) is 0 Å². The Morgan fingerprint density at radius 3 is 2.74 bits per heavy atom. The zero-order valence-corrected chi connectivity index (χ0v) is 12.4. The van der Waals surface area contributed by atoms with Crippen molar-refractivity contribution < 1.29 is 0 Å². The van der Waals surface area contributed by atoms with Crippen molar-refractivity contribution >= 4 is 17.6 Å². The van der Waals surface area contributed by atoms with Crippen molar-refractivity contribution in [1.29, 1.82) is 0 Å². The summed E-state index contributed by atoms with van der Waals surface area (Å²) in [5.74, 6) is 0.941. The average molecular weight is 277 g/mol. The van der Waals surface area contributed by atoms with E-state index in [0.29, 0.717) is 0 Å². The van der Waals surface area contributed by atoms with E-state index in [-0.39, 0.29) is 0 Å². The SMILES string of the molecule is CCCNc1ncnc(Sc2nccn2C)c1CC. The van der Waals surface area contributed by atoms with Crippen LogP contribution in [0.25, 0.3) is 0 Å². The van der Waals surface area contributed by atoms with Gasteiger partial charge in [-0.25, -0.2) is 15.0 Å². The van der Waals surface area contributed by atoms with Crippen LogP contribution < -0.4 is 5.32 Å². The van der Waals surface area contributed by atoms with Crippen LogP contribution in [0.2, 0.25) is 0 Å². The first-order valence-electron chi connectivity index (χ1n) is 6.49. The van der Waals surface area contributed by atoms with Gasteiger partial charge < -0.3 is 9.88 Å². The van der Waals surface area contributed by atoms with E-state index in [0.717, 1.165) is 41.0 Å². The second-order valence-electron chi connectivity index (χ2n) is 4.21. The third-order valence-electron chi connectivity index (χ3n) is 2.77. The molecule has 0 aliphatic heterocycles. The first-order valence-corrected chi connectivity index (χ1v) is 7.30. The largest absolute Gasteiger partial charge is 0.370 e. The highest BCUT2D eigenvalue weighted by atomic mass is 32.2. The smallest absolute Gasteiger partial charge is 0.174 e. The highest BCUT2D eigenvalue weighted by Crippen LogP contribution is 2.30. The van der Waals surface area contributed by atoms with Gasteiger partial charge in [0, 0.05) is 31.5 Å². The maximum Gasteiger partial charge on any atom is 0.174 e. The third kappa shape index (κ3) is 3.26. The number of nitrogens with one attached hydrogen (secondary N) is 1. The lowest BCUT2D eigenvalue weighted by Crippen LogP contribution is -2.07. The van der Waals surface area contributed by atoms with Crippen molar-refractivity contribution in [1.82, 2.24) is 19.5 Å². The molecule has 0 unspecified atom stereocenters. The van der Waals surface area contributed by atoms with E-state index in [2.05, 4.69) is 34.1 Å². The summed E-state index contributed by atoms with van der Waals surface area (Å²) in [6, 6.07) is 0. The molecule has 0 aliphatic carbocycles. The van der Waals surface area contributed by atoms with Crippen LogP contribution in [0.15, 0.2) is 28.9 Å². The molecule has 2 aromatic heterocycles. The van der Waals surface area contributed by atoms with Crippen molar-refractivity contribution in [2.24, 2.45) is 7.05 Å². The standard InChI is InChI=1S/C13H19N5S/c1-4-6-14-11-10(5-2)12(17-9-16-11)19-13-15-7-8-18(13)3/h7-9H,4-6H2,1-3H3,(H,14,16,17). The van der Waals surface area contributed by atoms with Crippen LogP contribution in [0.4, 0.5) is 5.82 Å². The maximum absolute atomic E-state index is 4.39. The molecule has 0 fully saturated rings. The summed E-state index contributed by atoms with van der Waals surface area (Å²) in [6.07, 6.45) is 7.33. The fourth-order valence-corrected chi connectivity index (χ4v) is 2.69. The van der Waals surface area contributed by atoms with Crippen molar-refractivity contribution in [3.05, 3.63) is 24.3 Å². The molecule has 0 radical (unpaired) electrons. The van der Waals surface area contributed by atoms with Gasteiger partial charge >= 0.3 is 0 Å². The Labute approximate surface area is 117 Å². The zero-order chi connectivity index (χ0) is 13.7. The third-order valence-corrected chi connectivity index (χ3v) is 3.89. The predicted octanol–water partition coefficient (Wildman–Crippen LogP) is 2.75. The highest BCUT2D eigenvalue weighted by Gasteiger charge is 2.12. The van der Waals surface area contributed by atoms with Crippen LogP contribution in [0.3, 0.4) is 0 Å². The molecule has 1 N–H and O–H groups in total. The average Bonchev–Trinajstić information content (AvgIpc) is 2.82. The van der Waals surface area contributed by atoms with Gasteiger partial charge in [0.1, 0.15) is 17.2 Å². The molecule has 6 heteroatoms. The summed E-state index contributed by atoms with van der Waals surface area (Å²) in [7, 11) is 1.98. The summed E-state index contributed by atoms with van der Waals surface area (Å²) in [6.45, 7) is 5.19. The molecular weight excluding hydrogens is 258 g/mol. The number of hydrogen-bond acceptors (Lipinski definition) is 5. The Kier molecular flexibility index (Phi) is 4.79. The Balaban J connectivity index is 2.27. The molecule has 102 valence electrons. The molecule has 19 heavy (non-hydrogen) atoms. The zero-order valence-electron chi connectivity index (χ0n) is 11.6. The second kappa shape index (κ2) is 6.56. The number of aryl methyl sites for hydroxylation is 1. The Morgan fingerprint density at radius 1 is 1.26 bits per heavy atom. The predicted molar refractivity (Wildman–Crippen MR) is 77.5 cm³/mol. The van der Waals surface area contributed by atoms with Crippen LogP contribution in [0, 0.1) is 0 Å². The fraction of sp³-hybridized carbons (Fsp3) is 0.462. The molecule has 0 aromatic carbocycles. The first kappa shape index (κ1) is 13.9. The molecule has 2 heterocycles. The number of hydrogen-bond donors (Lipinski definition) is 1. The van der Waals surface area contributed by atoms with Crippen LogP contribution in [-0.2, 0) is 13.5 Å². The van der Waals surface area contributed by atoms with E-state index < -0.39 is 0 Å². The first-order chi connectivity index (χ1) is 9.26. The van der Waals surface area contributed by atoms with Gasteiger partial charge in [-0.2, -0.15) is 0 Å². The maximum atomic E-state index is 4.39. The molecule has 0 bridgehead atoms. The van der Waals surface area contributed by atoms with E-state index in [4.69, 9.17) is 0 Å². The molecular formula is C13H19N5S. The lowest BCUT2D eigenvalue weighted by Gasteiger charge is -2.12. The molecule has 5 nitrogen and oxygen atoms in total. The minimum Gasteiger partial charge on any atom is -0.370 e. The van der Waals surface area contributed by atoms with Crippen molar-refractivity contribution in [2.75, 3.05) is 11.9 Å². The van der Waals surface area contributed by atoms with E-state index in [1.807, 2.05) is 17.8 Å². The summed E-state index contributed by atoms with van der Waals surface area (Å²) < 4.78 is 1.99. The van der Waals surface area contributed by atoms with Gasteiger partial charge in [-0.15, -0.1) is 0 Å². The van der Waals surface area contributed by atoms with Crippen molar-refractivity contribution in [3.8, 4) is 0 Å². The number of anilines is 1. The topological polar surface area (TPSA) is 55.6 Å². The van der Waals surface area contributed by atoms with Gasteiger partial charge in [0.05, 0.1) is 0 Å². The van der Waals surface area contributed by atoms with Gasteiger partial charge in [0.15, 0.2) is 5.16 Å². The monoisotopic (exact) mass is 277 g/mol. The minimum absolute atomic E-state index is 0.902. The van der Waals surface area contributed by atoms with Crippen molar-refractivity contribution in [2.45, 2.75) is 36.9 Å². The van der Waals surface area contributed by atoms with E-state index >= 15 is 0 Å². The highest BCUT2D eigenvalue weighted by molar-refractivity contribution is 7.99. The Hall–Kier alpha value is -1.56. The summed E-state index contributed by atoms with van der Waals surface area (Å²) in [5, 5.41) is 5.27. The van der Waals surface area contributed by atoms with Crippen LogP contribution in [0.5, 0.6) is 0 Å². The molecule has 0 spiro atoms. The molecule has 2 aromatic rings. The summed E-state index contributed by atoms with van der Waals surface area (Å²) >= 11 is 1.58. The van der Waals surface area contributed by atoms with Crippen LogP contribution in [0.1, 0.15) is 25.8 Å². The minimum atomic E-state index is 0.902. The number of rotatable bonds is 6. The molecule has 0 amide bonds. The fourth-order valence-electron chi connectivity index (χ4n) is 1.74. The summed E-state index contributed by atoms with van der Waals surface area (Å²) in [4.78, 5) is 13.1. The Bertz CT molecular complexity index is 538. The molecule has 0 atom stereocenters. The second-order valence-corrected chi connectivity index (χ2v) is 5.17. The molecule has 0 saturated heterocycles. The normalized spacial score (nSPS) is 10.7. The molecule has 0 aliphatic rings. The van der Waals surface area contributed by atoms with Gasteiger partial charge in [0.25, 0.3) is 0 Å². The van der Waals surface area contributed by atoms with Crippen LogP contribution in [-0.4, -0.2) is 26.1 Å². The van der Waals surface area contributed by atoms with E-state index in [1.54, 1.807) is 24.3 Å². The number of aromatic nitrogens is 4. The van der Waals surface area contributed by atoms with Gasteiger partial charge in [-0.05, 0) is 24.6 Å². The van der Waals surface area contributed by atoms with Crippen LogP contribution >= 0.6 is 11.8 Å². The van der Waals surface area contributed by atoms with Crippen molar-refractivity contribution in [3.63, 3.8) is 0 Å².